The molecule has 3 heterocycles. The van der Waals surface area contributed by atoms with E-state index in [0.717, 1.165) is 0 Å². The van der Waals surface area contributed by atoms with Crippen molar-refractivity contribution >= 4 is 0 Å². The molecule has 6 N–H and O–H groups in total. The van der Waals surface area contributed by atoms with Gasteiger partial charge < -0.3 is 35.3 Å². The summed E-state index contributed by atoms with van der Waals surface area (Å²) >= 11 is 0. The number of ether oxygens (including phenoxy) is 3. The van der Waals surface area contributed by atoms with E-state index < -0.39 is 60.3 Å². The highest BCUT2D eigenvalue weighted by atomic mass is 16.7. The Morgan fingerprint density at radius 1 is 1.30 bits per heavy atom. The highest BCUT2D eigenvalue weighted by molar-refractivity contribution is 5.02. The van der Waals surface area contributed by atoms with Gasteiger partial charge in [-0.1, -0.05) is 0 Å². The molecule has 0 spiro atoms. The van der Waals surface area contributed by atoms with Gasteiger partial charge in [-0.3, -0.25) is 14.3 Å². The third-order valence-corrected chi connectivity index (χ3v) is 5.00. The Morgan fingerprint density at radius 2 is 2.00 bits per heavy atom. The Labute approximate surface area is 154 Å². The van der Waals surface area contributed by atoms with Crippen LogP contribution in [0.1, 0.15) is 25.1 Å². The fourth-order valence-electron chi connectivity index (χ4n) is 3.21. The first kappa shape index (κ1) is 20.1. The number of rotatable bonds is 4. The van der Waals surface area contributed by atoms with Gasteiger partial charge in [0.2, 0.25) is 0 Å². The minimum atomic E-state index is -1.34. The number of aromatic amines is 1. The van der Waals surface area contributed by atoms with Crippen molar-refractivity contribution in [3.63, 3.8) is 0 Å². The molecule has 0 aliphatic carbocycles. The normalized spacial score (nSPS) is 39.6. The van der Waals surface area contributed by atoms with Crippen molar-refractivity contribution in [1.29, 1.82) is 0 Å². The van der Waals surface area contributed by atoms with E-state index in [1.807, 2.05) is 0 Å². The van der Waals surface area contributed by atoms with Gasteiger partial charge in [0.15, 0.2) is 6.29 Å². The van der Waals surface area contributed by atoms with Crippen molar-refractivity contribution in [2.45, 2.75) is 69.3 Å². The second-order valence-corrected chi connectivity index (χ2v) is 7.01. The minimum absolute atomic E-state index is 0.122. The zero-order valence-corrected chi connectivity index (χ0v) is 15.0. The Morgan fingerprint density at radius 3 is 2.70 bits per heavy atom. The van der Waals surface area contributed by atoms with Crippen LogP contribution in [-0.2, 0) is 14.2 Å². The first-order valence-corrected chi connectivity index (χ1v) is 8.73. The number of H-pyrrole nitrogens is 1. The lowest BCUT2D eigenvalue weighted by molar-refractivity contribution is -0.276. The van der Waals surface area contributed by atoms with E-state index in [1.165, 1.54) is 10.8 Å². The summed E-state index contributed by atoms with van der Waals surface area (Å²) in [6, 6.07) is -0.743. The molecule has 1 unspecified atom stereocenters. The molecule has 0 saturated carbocycles. The van der Waals surface area contributed by atoms with E-state index >= 15 is 0 Å². The average Bonchev–Trinajstić information content (AvgIpc) is 2.98. The lowest BCUT2D eigenvalue weighted by Gasteiger charge is -2.40. The molecule has 2 aliphatic heterocycles. The fraction of sp³-hybridized carbons (Fsp3) is 0.750. The van der Waals surface area contributed by atoms with E-state index in [-0.39, 0.29) is 13.0 Å². The lowest BCUT2D eigenvalue weighted by atomic mass is 9.98. The number of aromatic nitrogens is 2. The van der Waals surface area contributed by atoms with Crippen LogP contribution in [0.4, 0.5) is 0 Å². The molecular weight excluding hydrogens is 362 g/mol. The summed E-state index contributed by atoms with van der Waals surface area (Å²) in [5.41, 5.74) is 4.94. The van der Waals surface area contributed by atoms with Gasteiger partial charge in [0, 0.05) is 18.2 Å². The Kier molecular flexibility index (Phi) is 5.82. The Bertz CT molecular complexity index is 780. The highest BCUT2D eigenvalue weighted by Crippen LogP contribution is 2.29. The topological polar surface area (TPSA) is 169 Å². The van der Waals surface area contributed by atoms with Crippen molar-refractivity contribution in [3.8, 4) is 0 Å². The standard InChI is InChI=1S/C16H25N3O8/c1-6-4-19(16(24)18-14(6)23)10-3-8(20)9(27-10)5-25-15-13(22)12(21)11(17)7(2)26-15/h4,7-13,15,20-22H,3,5,17H2,1-2H3,(H,18,23,24)/t7-,8?,9-,10-,11-,12+,13-,15-/m1/s1. The first-order chi connectivity index (χ1) is 12.7. The number of nitrogens with one attached hydrogen (secondary N) is 1. The van der Waals surface area contributed by atoms with Crippen molar-refractivity contribution in [1.82, 2.24) is 9.55 Å². The van der Waals surface area contributed by atoms with Crippen LogP contribution in [-0.4, -0.2) is 74.3 Å². The largest absolute Gasteiger partial charge is 0.390 e. The average molecular weight is 387 g/mol. The summed E-state index contributed by atoms with van der Waals surface area (Å²) in [6.07, 6.45) is -5.19. The van der Waals surface area contributed by atoms with Gasteiger partial charge >= 0.3 is 5.69 Å². The van der Waals surface area contributed by atoms with Gasteiger partial charge in [-0.2, -0.15) is 0 Å². The van der Waals surface area contributed by atoms with Gasteiger partial charge in [0.05, 0.1) is 24.9 Å². The summed E-state index contributed by atoms with van der Waals surface area (Å²) in [5, 5.41) is 30.2. The van der Waals surface area contributed by atoms with Crippen molar-refractivity contribution in [3.05, 3.63) is 32.6 Å². The van der Waals surface area contributed by atoms with Crippen LogP contribution in [0, 0.1) is 6.92 Å². The molecule has 1 aromatic heterocycles. The van der Waals surface area contributed by atoms with E-state index in [9.17, 15) is 24.9 Å². The molecule has 3 rings (SSSR count). The summed E-state index contributed by atoms with van der Waals surface area (Å²) in [4.78, 5) is 25.6. The zero-order valence-electron chi connectivity index (χ0n) is 15.0. The zero-order chi connectivity index (χ0) is 19.9. The predicted octanol–water partition coefficient (Wildman–Crippen LogP) is -2.70. The van der Waals surface area contributed by atoms with Crippen LogP contribution in [0.3, 0.4) is 0 Å². The van der Waals surface area contributed by atoms with Gasteiger partial charge in [0.1, 0.15) is 24.5 Å². The van der Waals surface area contributed by atoms with Crippen LogP contribution in [0.25, 0.3) is 0 Å². The maximum Gasteiger partial charge on any atom is 0.330 e. The van der Waals surface area contributed by atoms with Crippen LogP contribution >= 0.6 is 0 Å². The smallest absolute Gasteiger partial charge is 0.330 e. The lowest BCUT2D eigenvalue weighted by Crippen LogP contribution is -2.61. The predicted molar refractivity (Wildman–Crippen MR) is 90.9 cm³/mol. The molecule has 0 radical (unpaired) electrons. The van der Waals surface area contributed by atoms with E-state index in [1.54, 1.807) is 13.8 Å². The number of hydrogen-bond acceptors (Lipinski definition) is 9. The Balaban J connectivity index is 1.63. The molecule has 11 nitrogen and oxygen atoms in total. The van der Waals surface area contributed by atoms with Gasteiger partial charge in [0.25, 0.3) is 5.56 Å². The van der Waals surface area contributed by atoms with Crippen molar-refractivity contribution < 1.29 is 29.5 Å². The van der Waals surface area contributed by atoms with E-state index in [4.69, 9.17) is 19.9 Å². The Hall–Kier alpha value is -1.60. The van der Waals surface area contributed by atoms with E-state index in [0.29, 0.717) is 5.56 Å². The molecule has 2 aliphatic rings. The second-order valence-electron chi connectivity index (χ2n) is 7.01. The van der Waals surface area contributed by atoms with Gasteiger partial charge in [-0.25, -0.2) is 4.79 Å². The minimum Gasteiger partial charge on any atom is -0.390 e. The van der Waals surface area contributed by atoms with Gasteiger partial charge in [-0.05, 0) is 13.8 Å². The summed E-state index contributed by atoms with van der Waals surface area (Å²) in [6.45, 7) is 3.07. The highest BCUT2D eigenvalue weighted by Gasteiger charge is 2.43. The maximum absolute atomic E-state index is 12.0. The summed E-state index contributed by atoms with van der Waals surface area (Å²) in [7, 11) is 0. The van der Waals surface area contributed by atoms with Crippen molar-refractivity contribution in [2.24, 2.45) is 5.73 Å². The molecule has 1 aromatic rings. The molecule has 27 heavy (non-hydrogen) atoms. The molecule has 11 heteroatoms. The SMILES string of the molecule is Cc1cn([C@H]2CC(O)[C@@H](CO[C@@H]3O[C@H](C)[C@@H](N)[C@H](O)[C@H]3O)O2)c(=O)[nH]c1=O. The summed E-state index contributed by atoms with van der Waals surface area (Å²) < 4.78 is 17.8. The summed E-state index contributed by atoms with van der Waals surface area (Å²) in [5.74, 6) is 0. The van der Waals surface area contributed by atoms with Crippen molar-refractivity contribution in [2.75, 3.05) is 6.61 Å². The first-order valence-electron chi connectivity index (χ1n) is 8.73. The number of nitrogens with two attached hydrogens (primary N) is 1. The molecule has 0 aromatic carbocycles. The molecular formula is C16H25N3O8. The molecule has 2 fully saturated rings. The monoisotopic (exact) mass is 387 g/mol. The molecule has 2 saturated heterocycles. The third kappa shape index (κ3) is 3.99. The van der Waals surface area contributed by atoms with Crippen LogP contribution < -0.4 is 17.0 Å². The molecule has 0 amide bonds. The number of aliphatic hydroxyl groups is 3. The molecule has 8 atom stereocenters. The number of hydrogen-bond donors (Lipinski definition) is 5. The van der Waals surface area contributed by atoms with Crippen LogP contribution in [0.2, 0.25) is 0 Å². The molecule has 0 bridgehead atoms. The number of aliphatic hydroxyl groups excluding tert-OH is 3. The van der Waals surface area contributed by atoms with Gasteiger partial charge in [-0.15, -0.1) is 0 Å². The number of aryl methyl sites for hydroxylation is 1. The van der Waals surface area contributed by atoms with Crippen LogP contribution in [0.5, 0.6) is 0 Å². The number of nitrogens with zero attached hydrogens (tertiary/aromatic N) is 1. The fourth-order valence-corrected chi connectivity index (χ4v) is 3.21. The second kappa shape index (κ2) is 7.80. The van der Waals surface area contributed by atoms with Crippen LogP contribution in [0.15, 0.2) is 15.8 Å². The van der Waals surface area contributed by atoms with E-state index in [2.05, 4.69) is 4.98 Å². The third-order valence-electron chi connectivity index (χ3n) is 5.00. The maximum atomic E-state index is 12.0. The quantitative estimate of drug-likeness (QED) is 0.369. The molecule has 152 valence electrons.